The number of nitrogens with zero attached hydrogens (tertiary/aromatic N) is 2. The number of hydrogen-bond acceptors (Lipinski definition) is 6. The second kappa shape index (κ2) is 8.86. The zero-order chi connectivity index (χ0) is 23.2. The second-order valence-electron chi connectivity index (χ2n) is 11.2. The standard InChI is InChI=1S/C25H39N3O5/c1-17(2)4-5-21-24(3,33-21)20-12-19(6-8-25(20)16-31-25)32-23(30)28-13-18(14-28)7-10-27-11-9-26-22(29)15-27/h4,18-21H,5-16H2,1-3H3,(H,26,29)/t19?,20?,21-,24-,25?/m1/s1. The van der Waals surface area contributed by atoms with Crippen LogP contribution < -0.4 is 5.32 Å². The number of piperazine rings is 1. The van der Waals surface area contributed by atoms with Gasteiger partial charge in [-0.3, -0.25) is 9.69 Å². The van der Waals surface area contributed by atoms with Gasteiger partial charge < -0.3 is 24.4 Å². The van der Waals surface area contributed by atoms with Crippen molar-refractivity contribution in [2.24, 2.45) is 11.8 Å². The van der Waals surface area contributed by atoms with Crippen LogP contribution in [0, 0.1) is 11.8 Å². The molecule has 1 N–H and O–H groups in total. The van der Waals surface area contributed by atoms with E-state index in [-0.39, 0.29) is 41.3 Å². The molecule has 184 valence electrons. The largest absolute Gasteiger partial charge is 0.446 e. The molecule has 4 aliphatic heterocycles. The fraction of sp³-hybridized carbons (Fsp3) is 0.840. The molecule has 33 heavy (non-hydrogen) atoms. The summed E-state index contributed by atoms with van der Waals surface area (Å²) in [5.41, 5.74) is 1.07. The third kappa shape index (κ3) is 4.93. The molecular formula is C25H39N3O5. The predicted octanol–water partition coefficient (Wildman–Crippen LogP) is 2.33. The summed E-state index contributed by atoms with van der Waals surface area (Å²) in [6.07, 6.45) is 6.82. The van der Waals surface area contributed by atoms with E-state index in [0.717, 1.165) is 71.4 Å². The van der Waals surface area contributed by atoms with E-state index in [0.29, 0.717) is 12.5 Å². The lowest BCUT2D eigenvalue weighted by atomic mass is 9.70. The molecule has 3 unspecified atom stereocenters. The first-order chi connectivity index (χ1) is 15.8. The summed E-state index contributed by atoms with van der Waals surface area (Å²) < 4.78 is 18.1. The minimum absolute atomic E-state index is 0.0617. The van der Waals surface area contributed by atoms with Crippen LogP contribution in [0.1, 0.15) is 52.9 Å². The van der Waals surface area contributed by atoms with Crippen LogP contribution in [-0.4, -0.2) is 91.1 Å². The van der Waals surface area contributed by atoms with Crippen molar-refractivity contribution in [1.82, 2.24) is 15.1 Å². The van der Waals surface area contributed by atoms with E-state index < -0.39 is 0 Å². The lowest BCUT2D eigenvalue weighted by Gasteiger charge is -2.42. The van der Waals surface area contributed by atoms with Gasteiger partial charge in [-0.05, 0) is 65.3 Å². The lowest BCUT2D eigenvalue weighted by molar-refractivity contribution is -0.124. The summed E-state index contributed by atoms with van der Waals surface area (Å²) >= 11 is 0. The van der Waals surface area contributed by atoms with Crippen molar-refractivity contribution < 1.29 is 23.8 Å². The first kappa shape index (κ1) is 23.1. The van der Waals surface area contributed by atoms with Gasteiger partial charge in [0.15, 0.2) is 0 Å². The SMILES string of the molecule is CC(C)=CC[C@H]1O[C@]1(C)C1CC(OC(=O)N2CC(CCN3CCNC(=O)C3)C2)CCC12CO2. The van der Waals surface area contributed by atoms with E-state index in [4.69, 9.17) is 14.2 Å². The highest BCUT2D eigenvalue weighted by Gasteiger charge is 2.68. The molecule has 1 aliphatic carbocycles. The van der Waals surface area contributed by atoms with E-state index >= 15 is 0 Å². The minimum atomic E-state index is -0.180. The Morgan fingerprint density at radius 2 is 2.12 bits per heavy atom. The van der Waals surface area contributed by atoms with E-state index in [9.17, 15) is 9.59 Å². The molecule has 4 heterocycles. The topological polar surface area (TPSA) is 86.9 Å². The van der Waals surface area contributed by atoms with Crippen molar-refractivity contribution in [3.8, 4) is 0 Å². The zero-order valence-electron chi connectivity index (χ0n) is 20.3. The maximum Gasteiger partial charge on any atom is 0.410 e. The van der Waals surface area contributed by atoms with Crippen LogP contribution >= 0.6 is 0 Å². The molecule has 0 bridgehead atoms. The molecule has 5 rings (SSSR count). The minimum Gasteiger partial charge on any atom is -0.446 e. The highest BCUT2D eigenvalue weighted by Crippen LogP contribution is 2.59. The molecule has 2 amide bonds. The Bertz CT molecular complexity index is 802. The summed E-state index contributed by atoms with van der Waals surface area (Å²) in [5, 5.41) is 2.86. The van der Waals surface area contributed by atoms with Crippen LogP contribution in [0.2, 0.25) is 0 Å². The molecule has 8 nitrogen and oxygen atoms in total. The third-order valence-electron chi connectivity index (χ3n) is 8.40. The second-order valence-corrected chi connectivity index (χ2v) is 11.2. The number of ether oxygens (including phenoxy) is 3. The summed E-state index contributed by atoms with van der Waals surface area (Å²) in [4.78, 5) is 28.3. The number of nitrogens with one attached hydrogen (secondary N) is 1. The number of epoxide rings is 2. The number of amides is 2. The summed E-state index contributed by atoms with van der Waals surface area (Å²) in [7, 11) is 0. The van der Waals surface area contributed by atoms with E-state index in [1.807, 2.05) is 4.90 Å². The molecule has 4 saturated heterocycles. The fourth-order valence-corrected chi connectivity index (χ4v) is 6.05. The van der Waals surface area contributed by atoms with Gasteiger partial charge in [-0.2, -0.15) is 0 Å². The van der Waals surface area contributed by atoms with Crippen LogP contribution in [0.4, 0.5) is 4.79 Å². The third-order valence-corrected chi connectivity index (χ3v) is 8.40. The fourth-order valence-electron chi connectivity index (χ4n) is 6.05. The van der Waals surface area contributed by atoms with Crippen molar-refractivity contribution in [2.45, 2.75) is 76.3 Å². The highest BCUT2D eigenvalue weighted by molar-refractivity contribution is 5.78. The summed E-state index contributed by atoms with van der Waals surface area (Å²) in [5.74, 6) is 0.885. The van der Waals surface area contributed by atoms with Gasteiger partial charge >= 0.3 is 6.09 Å². The average molecular weight is 462 g/mol. The van der Waals surface area contributed by atoms with E-state index in [2.05, 4.69) is 37.1 Å². The Hall–Kier alpha value is -1.64. The molecule has 8 heteroatoms. The van der Waals surface area contributed by atoms with Crippen LogP contribution in [0.5, 0.6) is 0 Å². The van der Waals surface area contributed by atoms with Gasteiger partial charge in [0, 0.05) is 32.1 Å². The molecule has 0 radical (unpaired) electrons. The van der Waals surface area contributed by atoms with Crippen LogP contribution in [0.3, 0.4) is 0 Å². The van der Waals surface area contributed by atoms with Crippen LogP contribution in [0.15, 0.2) is 11.6 Å². The van der Waals surface area contributed by atoms with Gasteiger partial charge in [0.1, 0.15) is 6.10 Å². The Labute approximate surface area is 197 Å². The zero-order valence-corrected chi connectivity index (χ0v) is 20.3. The maximum atomic E-state index is 12.7. The van der Waals surface area contributed by atoms with E-state index in [1.165, 1.54) is 5.57 Å². The first-order valence-electron chi connectivity index (χ1n) is 12.7. The summed E-state index contributed by atoms with van der Waals surface area (Å²) in [6.45, 7) is 11.8. The summed E-state index contributed by atoms with van der Waals surface area (Å²) in [6, 6.07) is 0. The Morgan fingerprint density at radius 1 is 1.33 bits per heavy atom. The number of carbonyl (C=O) groups is 2. The number of hydrogen-bond donors (Lipinski definition) is 1. The van der Waals surface area contributed by atoms with Gasteiger partial charge in [-0.15, -0.1) is 0 Å². The molecule has 5 atom stereocenters. The molecule has 0 aromatic rings. The van der Waals surface area contributed by atoms with Crippen molar-refractivity contribution >= 4 is 12.0 Å². The Morgan fingerprint density at radius 3 is 2.82 bits per heavy atom. The van der Waals surface area contributed by atoms with E-state index in [1.54, 1.807) is 0 Å². The normalized spacial score (nSPS) is 38.5. The predicted molar refractivity (Wildman–Crippen MR) is 123 cm³/mol. The van der Waals surface area contributed by atoms with Crippen molar-refractivity contribution in [3.63, 3.8) is 0 Å². The van der Waals surface area contributed by atoms with Crippen LogP contribution in [0.25, 0.3) is 0 Å². The maximum absolute atomic E-state index is 12.7. The molecule has 5 aliphatic rings. The Balaban J connectivity index is 1.07. The Kier molecular flexibility index (Phi) is 6.20. The van der Waals surface area contributed by atoms with Gasteiger partial charge in [0.05, 0.1) is 30.5 Å². The van der Waals surface area contributed by atoms with Gasteiger partial charge in [0.25, 0.3) is 0 Å². The average Bonchev–Trinajstić information content (AvgIpc) is 3.64. The highest BCUT2D eigenvalue weighted by atomic mass is 16.6. The van der Waals surface area contributed by atoms with Gasteiger partial charge in [-0.1, -0.05) is 11.6 Å². The van der Waals surface area contributed by atoms with Gasteiger partial charge in [-0.25, -0.2) is 4.79 Å². The van der Waals surface area contributed by atoms with Crippen LogP contribution in [-0.2, 0) is 19.0 Å². The lowest BCUT2D eigenvalue weighted by Crippen LogP contribution is -2.53. The molecule has 1 saturated carbocycles. The molecule has 0 aromatic heterocycles. The number of rotatable bonds is 7. The number of allylic oxidation sites excluding steroid dienone is 1. The first-order valence-corrected chi connectivity index (χ1v) is 12.7. The smallest absolute Gasteiger partial charge is 0.410 e. The van der Waals surface area contributed by atoms with Crippen molar-refractivity contribution in [2.75, 3.05) is 45.9 Å². The monoisotopic (exact) mass is 461 g/mol. The number of likely N-dealkylation sites (tertiary alicyclic amines) is 1. The quantitative estimate of drug-likeness (QED) is 0.463. The molecule has 5 fully saturated rings. The molecule has 1 spiro atoms. The number of carbonyl (C=O) groups excluding carboxylic acids is 2. The molecule has 0 aromatic carbocycles. The van der Waals surface area contributed by atoms with Crippen molar-refractivity contribution in [1.29, 1.82) is 0 Å². The van der Waals surface area contributed by atoms with Gasteiger partial charge in [0.2, 0.25) is 5.91 Å². The molecular weight excluding hydrogens is 422 g/mol. The van der Waals surface area contributed by atoms with Crippen molar-refractivity contribution in [3.05, 3.63) is 11.6 Å².